The first-order valence-corrected chi connectivity index (χ1v) is 5.13. The van der Waals surface area contributed by atoms with Gasteiger partial charge in [-0.2, -0.15) is 0 Å². The van der Waals surface area contributed by atoms with Crippen molar-refractivity contribution in [3.63, 3.8) is 0 Å². The molecule has 0 bridgehead atoms. The van der Waals surface area contributed by atoms with Gasteiger partial charge in [-0.1, -0.05) is 0 Å². The van der Waals surface area contributed by atoms with Crippen LogP contribution in [0, 0.1) is 0 Å². The second-order valence-corrected chi connectivity index (χ2v) is 4.81. The Balaban J connectivity index is 2.05. The summed E-state index contributed by atoms with van der Waals surface area (Å²) < 4.78 is 5.75. The van der Waals surface area contributed by atoms with Crippen molar-refractivity contribution in [3.8, 4) is 0 Å². The maximum Gasteiger partial charge on any atom is 0.0753 e. The molecule has 0 unspecified atom stereocenters. The topological polar surface area (TPSA) is 32.7 Å². The Morgan fingerprint density at radius 1 is 1.46 bits per heavy atom. The number of aliphatic hydroxyl groups is 1. The van der Waals surface area contributed by atoms with E-state index in [4.69, 9.17) is 4.74 Å². The van der Waals surface area contributed by atoms with Crippen LogP contribution < -0.4 is 0 Å². The Morgan fingerprint density at radius 3 is 2.92 bits per heavy atom. The maximum atomic E-state index is 9.19. The number of morpholine rings is 1. The van der Waals surface area contributed by atoms with Crippen LogP contribution in [0.5, 0.6) is 0 Å². The molecule has 0 spiro atoms. The summed E-state index contributed by atoms with van der Waals surface area (Å²) in [6.07, 6.45) is 2.31. The molecular formula is C10H19NO2. The molecule has 0 saturated carbocycles. The van der Waals surface area contributed by atoms with Crippen LogP contribution in [0.4, 0.5) is 0 Å². The van der Waals surface area contributed by atoms with Gasteiger partial charge in [-0.3, -0.25) is 4.90 Å². The quantitative estimate of drug-likeness (QED) is 0.650. The fourth-order valence-corrected chi connectivity index (χ4v) is 2.46. The number of hydrogen-bond donors (Lipinski definition) is 1. The van der Waals surface area contributed by atoms with Crippen LogP contribution in [0.2, 0.25) is 0 Å². The van der Waals surface area contributed by atoms with Crippen molar-refractivity contribution in [2.75, 3.05) is 19.8 Å². The monoisotopic (exact) mass is 185 g/mol. The third kappa shape index (κ3) is 1.73. The number of rotatable bonds is 1. The van der Waals surface area contributed by atoms with Crippen molar-refractivity contribution in [1.29, 1.82) is 0 Å². The zero-order valence-corrected chi connectivity index (χ0v) is 8.49. The van der Waals surface area contributed by atoms with E-state index in [2.05, 4.69) is 18.7 Å². The molecule has 3 nitrogen and oxygen atoms in total. The lowest BCUT2D eigenvalue weighted by molar-refractivity contribution is -0.114. The van der Waals surface area contributed by atoms with Gasteiger partial charge in [0, 0.05) is 18.6 Å². The molecule has 2 fully saturated rings. The summed E-state index contributed by atoms with van der Waals surface area (Å²) >= 11 is 0. The van der Waals surface area contributed by atoms with Crippen molar-refractivity contribution in [1.82, 2.24) is 4.90 Å². The highest BCUT2D eigenvalue weighted by Gasteiger charge is 2.40. The van der Waals surface area contributed by atoms with Crippen molar-refractivity contribution in [2.45, 2.75) is 44.4 Å². The first-order chi connectivity index (χ1) is 6.12. The molecule has 0 aromatic heterocycles. The van der Waals surface area contributed by atoms with Gasteiger partial charge in [0.1, 0.15) is 0 Å². The van der Waals surface area contributed by atoms with E-state index in [1.807, 2.05) is 0 Å². The molecular weight excluding hydrogens is 166 g/mol. The lowest BCUT2D eigenvalue weighted by Gasteiger charge is -2.42. The van der Waals surface area contributed by atoms with E-state index in [0.29, 0.717) is 18.7 Å². The highest BCUT2D eigenvalue weighted by Crippen LogP contribution is 2.31. The molecule has 0 radical (unpaired) electrons. The Labute approximate surface area is 79.7 Å². The summed E-state index contributed by atoms with van der Waals surface area (Å²) in [6.45, 7) is 6.34. The van der Waals surface area contributed by atoms with Crippen LogP contribution in [-0.2, 0) is 4.74 Å². The maximum absolute atomic E-state index is 9.19. The Hall–Kier alpha value is -0.120. The highest BCUT2D eigenvalue weighted by molar-refractivity contribution is 4.94. The first kappa shape index (κ1) is 9.44. The van der Waals surface area contributed by atoms with Gasteiger partial charge in [0.2, 0.25) is 0 Å². The number of ether oxygens (including phenoxy) is 1. The summed E-state index contributed by atoms with van der Waals surface area (Å²) in [5.41, 5.74) is -0.0335. The summed E-state index contributed by atoms with van der Waals surface area (Å²) in [5.74, 6) is 0. The number of aliphatic hydroxyl groups excluding tert-OH is 1. The first-order valence-electron chi connectivity index (χ1n) is 5.13. The lowest BCUT2D eigenvalue weighted by atomic mass is 10.1. The van der Waals surface area contributed by atoms with Crippen LogP contribution in [0.15, 0.2) is 0 Å². The Kier molecular flexibility index (Phi) is 2.34. The summed E-state index contributed by atoms with van der Waals surface area (Å²) in [6, 6.07) is 0.943. The van der Waals surface area contributed by atoms with Crippen LogP contribution in [-0.4, -0.2) is 47.4 Å². The van der Waals surface area contributed by atoms with Gasteiger partial charge in [-0.15, -0.1) is 0 Å². The minimum atomic E-state index is -0.0335. The van der Waals surface area contributed by atoms with E-state index in [0.717, 1.165) is 19.6 Å². The van der Waals surface area contributed by atoms with Crippen LogP contribution >= 0.6 is 0 Å². The number of fused-ring (bicyclic) bond motifs is 1. The van der Waals surface area contributed by atoms with Crippen molar-refractivity contribution >= 4 is 0 Å². The molecule has 2 aliphatic heterocycles. The van der Waals surface area contributed by atoms with Gasteiger partial charge in [-0.05, 0) is 26.7 Å². The molecule has 2 atom stereocenters. The predicted molar refractivity (Wildman–Crippen MR) is 50.6 cm³/mol. The van der Waals surface area contributed by atoms with Crippen molar-refractivity contribution in [3.05, 3.63) is 0 Å². The fraction of sp³-hybridized carbons (Fsp3) is 1.00. The van der Waals surface area contributed by atoms with Gasteiger partial charge in [-0.25, -0.2) is 0 Å². The Morgan fingerprint density at radius 2 is 2.23 bits per heavy atom. The van der Waals surface area contributed by atoms with Gasteiger partial charge in [0.05, 0.1) is 18.8 Å². The second-order valence-electron chi connectivity index (χ2n) is 4.81. The SMILES string of the molecule is CC1(C)CN2[C@H](CO)CC[C@H]2CO1. The summed E-state index contributed by atoms with van der Waals surface area (Å²) in [7, 11) is 0. The summed E-state index contributed by atoms with van der Waals surface area (Å²) in [4.78, 5) is 2.42. The Bertz CT molecular complexity index is 187. The number of nitrogens with zero attached hydrogens (tertiary/aromatic N) is 1. The van der Waals surface area contributed by atoms with Gasteiger partial charge in [0.25, 0.3) is 0 Å². The molecule has 2 aliphatic rings. The van der Waals surface area contributed by atoms with E-state index < -0.39 is 0 Å². The lowest BCUT2D eigenvalue weighted by Crippen LogP contribution is -2.54. The highest BCUT2D eigenvalue weighted by atomic mass is 16.5. The molecule has 2 rings (SSSR count). The average molecular weight is 185 g/mol. The molecule has 2 heterocycles. The zero-order valence-electron chi connectivity index (χ0n) is 8.49. The van der Waals surface area contributed by atoms with Gasteiger partial charge >= 0.3 is 0 Å². The standard InChI is InChI=1S/C10H19NO2/c1-10(2)7-11-8(5-12)3-4-9(11)6-13-10/h8-9,12H,3-7H2,1-2H3/t8-,9-/m0/s1. The molecule has 0 aliphatic carbocycles. The molecule has 3 heteroatoms. The van der Waals surface area contributed by atoms with E-state index in [9.17, 15) is 5.11 Å². The van der Waals surface area contributed by atoms with Crippen LogP contribution in [0.1, 0.15) is 26.7 Å². The normalized spacial score (nSPS) is 39.0. The van der Waals surface area contributed by atoms with E-state index in [1.165, 1.54) is 6.42 Å². The molecule has 76 valence electrons. The third-order valence-electron chi connectivity index (χ3n) is 3.21. The fourth-order valence-electron chi connectivity index (χ4n) is 2.46. The molecule has 0 amide bonds. The van der Waals surface area contributed by atoms with Gasteiger partial charge < -0.3 is 9.84 Å². The zero-order chi connectivity index (χ0) is 9.47. The molecule has 0 aromatic carbocycles. The minimum absolute atomic E-state index is 0.0335. The molecule has 13 heavy (non-hydrogen) atoms. The van der Waals surface area contributed by atoms with Gasteiger partial charge in [0.15, 0.2) is 0 Å². The number of hydrogen-bond acceptors (Lipinski definition) is 3. The van der Waals surface area contributed by atoms with Crippen LogP contribution in [0.25, 0.3) is 0 Å². The van der Waals surface area contributed by atoms with E-state index >= 15 is 0 Å². The molecule has 2 saturated heterocycles. The smallest absolute Gasteiger partial charge is 0.0753 e. The predicted octanol–water partition coefficient (Wildman–Crippen LogP) is 0.620. The largest absolute Gasteiger partial charge is 0.395 e. The van der Waals surface area contributed by atoms with Crippen LogP contribution in [0.3, 0.4) is 0 Å². The van der Waals surface area contributed by atoms with E-state index in [1.54, 1.807) is 0 Å². The average Bonchev–Trinajstić information content (AvgIpc) is 2.44. The van der Waals surface area contributed by atoms with Crippen molar-refractivity contribution < 1.29 is 9.84 Å². The molecule has 0 aromatic rings. The second kappa shape index (κ2) is 3.23. The minimum Gasteiger partial charge on any atom is -0.395 e. The molecule has 1 N–H and O–H groups in total. The summed E-state index contributed by atoms with van der Waals surface area (Å²) in [5, 5.41) is 9.19. The third-order valence-corrected chi connectivity index (χ3v) is 3.21. The van der Waals surface area contributed by atoms with E-state index in [-0.39, 0.29) is 5.60 Å². The van der Waals surface area contributed by atoms with Crippen molar-refractivity contribution in [2.24, 2.45) is 0 Å².